The summed E-state index contributed by atoms with van der Waals surface area (Å²) in [5.41, 5.74) is 3.16. The Morgan fingerprint density at radius 3 is 2.62 bits per heavy atom. The molecular formula is C24H25ClN4O3. The van der Waals surface area contributed by atoms with E-state index in [2.05, 4.69) is 10.2 Å². The van der Waals surface area contributed by atoms with Gasteiger partial charge in [-0.2, -0.15) is 0 Å². The van der Waals surface area contributed by atoms with Crippen LogP contribution in [-0.2, 0) is 4.79 Å². The number of benzene rings is 2. The number of carbonyl (C=O) groups is 1. The van der Waals surface area contributed by atoms with Crippen molar-refractivity contribution in [2.75, 3.05) is 7.11 Å². The third kappa shape index (κ3) is 4.00. The van der Waals surface area contributed by atoms with Gasteiger partial charge in [-0.1, -0.05) is 43.5 Å². The van der Waals surface area contributed by atoms with Crippen molar-refractivity contribution in [2.24, 2.45) is 10.9 Å². The SMILES string of the molecule is CCCCC(C(=O)O)[C@@H]1N=C(c2ccc(Cl)cc2)c2cc(OC)ccc2-n2c(C)nnc21. The van der Waals surface area contributed by atoms with Crippen molar-refractivity contribution in [3.8, 4) is 11.4 Å². The Balaban J connectivity index is 2.01. The minimum atomic E-state index is -0.890. The van der Waals surface area contributed by atoms with Crippen LogP contribution in [0.4, 0.5) is 0 Å². The summed E-state index contributed by atoms with van der Waals surface area (Å²) in [6, 6.07) is 12.4. The van der Waals surface area contributed by atoms with Gasteiger partial charge in [0.2, 0.25) is 0 Å². The Bertz CT molecular complexity index is 1170. The number of unbranched alkanes of at least 4 members (excludes halogenated alkanes) is 1. The van der Waals surface area contributed by atoms with Crippen molar-refractivity contribution in [1.82, 2.24) is 14.8 Å². The number of carboxylic acid groups (broad SMARTS) is 1. The first-order valence-electron chi connectivity index (χ1n) is 10.6. The van der Waals surface area contributed by atoms with Crippen LogP contribution in [0, 0.1) is 12.8 Å². The summed E-state index contributed by atoms with van der Waals surface area (Å²) in [5.74, 6) is 0.260. The first kappa shape index (κ1) is 22.0. The smallest absolute Gasteiger partial charge is 0.309 e. The Morgan fingerprint density at radius 2 is 1.97 bits per heavy atom. The second-order valence-electron chi connectivity index (χ2n) is 7.84. The summed E-state index contributed by atoms with van der Waals surface area (Å²) in [6.07, 6.45) is 2.18. The lowest BCUT2D eigenvalue weighted by Gasteiger charge is -2.20. The molecule has 1 aliphatic heterocycles. The highest BCUT2D eigenvalue weighted by Gasteiger charge is 2.36. The Morgan fingerprint density at radius 1 is 1.22 bits per heavy atom. The van der Waals surface area contributed by atoms with Gasteiger partial charge in [-0.05, 0) is 43.7 Å². The van der Waals surface area contributed by atoms with Crippen LogP contribution in [0.5, 0.6) is 5.75 Å². The van der Waals surface area contributed by atoms with Crippen molar-refractivity contribution in [2.45, 2.75) is 39.2 Å². The molecule has 0 fully saturated rings. The molecule has 0 aliphatic carbocycles. The molecule has 4 rings (SSSR count). The molecule has 8 heteroatoms. The molecule has 0 saturated carbocycles. The Kier molecular flexibility index (Phi) is 6.28. The molecule has 1 aromatic heterocycles. The fourth-order valence-electron chi connectivity index (χ4n) is 4.11. The summed E-state index contributed by atoms with van der Waals surface area (Å²) < 4.78 is 7.39. The van der Waals surface area contributed by atoms with Crippen LogP contribution < -0.4 is 4.74 Å². The van der Waals surface area contributed by atoms with E-state index in [9.17, 15) is 9.90 Å². The largest absolute Gasteiger partial charge is 0.497 e. The molecule has 1 aliphatic rings. The highest BCUT2D eigenvalue weighted by atomic mass is 35.5. The predicted octanol–water partition coefficient (Wildman–Crippen LogP) is 5.02. The maximum Gasteiger partial charge on any atom is 0.309 e. The number of ether oxygens (including phenoxy) is 1. The Labute approximate surface area is 191 Å². The first-order valence-corrected chi connectivity index (χ1v) is 11.0. The van der Waals surface area contributed by atoms with Gasteiger partial charge in [0.1, 0.15) is 17.6 Å². The minimum Gasteiger partial charge on any atom is -0.497 e. The lowest BCUT2D eigenvalue weighted by Crippen LogP contribution is -2.23. The number of halogens is 1. The van der Waals surface area contributed by atoms with E-state index >= 15 is 0 Å². The number of hydrogen-bond donors (Lipinski definition) is 1. The van der Waals surface area contributed by atoms with Gasteiger partial charge in [-0.15, -0.1) is 10.2 Å². The molecule has 0 bridgehead atoms. The summed E-state index contributed by atoms with van der Waals surface area (Å²) in [5, 5.41) is 19.4. The maximum atomic E-state index is 12.3. The number of carboxylic acids is 1. The monoisotopic (exact) mass is 452 g/mol. The van der Waals surface area contributed by atoms with Gasteiger partial charge in [-0.25, -0.2) is 0 Å². The van der Waals surface area contributed by atoms with Crippen LogP contribution in [0.3, 0.4) is 0 Å². The average Bonchev–Trinajstić information content (AvgIpc) is 3.10. The standard InChI is InChI=1S/C24H25ClN4O3/c1-4-5-6-18(24(30)31)22-23-28-27-14(2)29(23)20-12-11-17(32-3)13-19(20)21(26-22)15-7-9-16(25)10-8-15/h7-13,18,22H,4-6H2,1-3H3,(H,30,31)/t18?,22-/m0/s1. The van der Waals surface area contributed by atoms with E-state index in [-0.39, 0.29) is 0 Å². The van der Waals surface area contributed by atoms with Crippen LogP contribution in [0.15, 0.2) is 47.5 Å². The van der Waals surface area contributed by atoms with Gasteiger partial charge >= 0.3 is 5.97 Å². The number of rotatable bonds is 7. The number of aryl methyl sites for hydroxylation is 1. The molecule has 0 spiro atoms. The molecule has 0 saturated heterocycles. The highest BCUT2D eigenvalue weighted by Crippen LogP contribution is 2.37. The zero-order valence-electron chi connectivity index (χ0n) is 18.2. The molecule has 7 nitrogen and oxygen atoms in total. The Hall–Kier alpha value is -3.19. The third-order valence-electron chi connectivity index (χ3n) is 5.77. The fraction of sp³-hybridized carbons (Fsp3) is 0.333. The van der Waals surface area contributed by atoms with Gasteiger partial charge in [-0.3, -0.25) is 14.4 Å². The predicted molar refractivity (Wildman–Crippen MR) is 123 cm³/mol. The number of aliphatic carboxylic acids is 1. The number of methoxy groups -OCH3 is 1. The maximum absolute atomic E-state index is 12.3. The van der Waals surface area contributed by atoms with Crippen LogP contribution in [0.25, 0.3) is 5.69 Å². The normalized spacial score (nSPS) is 15.9. The molecule has 2 heterocycles. The number of hydrogen-bond acceptors (Lipinski definition) is 5. The quantitative estimate of drug-likeness (QED) is 0.543. The van der Waals surface area contributed by atoms with E-state index in [1.54, 1.807) is 19.2 Å². The zero-order valence-corrected chi connectivity index (χ0v) is 19.0. The fourth-order valence-corrected chi connectivity index (χ4v) is 4.24. The van der Waals surface area contributed by atoms with Gasteiger partial charge in [0.25, 0.3) is 0 Å². The van der Waals surface area contributed by atoms with Crippen molar-refractivity contribution >= 4 is 23.3 Å². The van der Waals surface area contributed by atoms with E-state index in [0.717, 1.165) is 29.7 Å². The van der Waals surface area contributed by atoms with Crippen LogP contribution in [0.1, 0.15) is 55.0 Å². The molecule has 166 valence electrons. The van der Waals surface area contributed by atoms with Gasteiger partial charge in [0, 0.05) is 16.1 Å². The second-order valence-corrected chi connectivity index (χ2v) is 8.28. The number of aliphatic imine (C=N–C) groups is 1. The highest BCUT2D eigenvalue weighted by molar-refractivity contribution is 6.30. The summed E-state index contributed by atoms with van der Waals surface area (Å²) in [4.78, 5) is 17.4. The summed E-state index contributed by atoms with van der Waals surface area (Å²) in [7, 11) is 1.61. The van der Waals surface area contributed by atoms with Crippen molar-refractivity contribution < 1.29 is 14.6 Å². The lowest BCUT2D eigenvalue weighted by atomic mass is 9.93. The molecule has 2 atom stereocenters. The average molecular weight is 453 g/mol. The van der Waals surface area contributed by atoms with Crippen molar-refractivity contribution in [1.29, 1.82) is 0 Å². The zero-order chi connectivity index (χ0) is 22.8. The lowest BCUT2D eigenvalue weighted by molar-refractivity contribution is -0.142. The second kappa shape index (κ2) is 9.12. The molecule has 0 amide bonds. The molecule has 32 heavy (non-hydrogen) atoms. The molecule has 1 N–H and O–H groups in total. The molecule has 2 aromatic carbocycles. The van der Waals surface area contributed by atoms with Crippen LogP contribution in [0.2, 0.25) is 5.02 Å². The van der Waals surface area contributed by atoms with E-state index in [4.69, 9.17) is 21.3 Å². The van der Waals surface area contributed by atoms with E-state index < -0.39 is 17.9 Å². The van der Waals surface area contributed by atoms with Gasteiger partial charge in [0.05, 0.1) is 24.4 Å². The summed E-state index contributed by atoms with van der Waals surface area (Å²) in [6.45, 7) is 3.90. The van der Waals surface area contributed by atoms with Gasteiger partial charge < -0.3 is 9.84 Å². The number of nitrogens with zero attached hydrogens (tertiary/aromatic N) is 4. The number of aromatic nitrogens is 3. The molecule has 1 unspecified atom stereocenters. The summed E-state index contributed by atoms with van der Waals surface area (Å²) >= 11 is 6.12. The molecule has 0 radical (unpaired) electrons. The van der Waals surface area contributed by atoms with Crippen LogP contribution >= 0.6 is 11.6 Å². The topological polar surface area (TPSA) is 89.6 Å². The molecule has 3 aromatic rings. The van der Waals surface area contributed by atoms with Crippen molar-refractivity contribution in [3.05, 3.63) is 70.3 Å². The number of fused-ring (bicyclic) bond motifs is 3. The molecular weight excluding hydrogens is 428 g/mol. The first-order chi connectivity index (χ1) is 15.4. The van der Waals surface area contributed by atoms with E-state index in [1.807, 2.05) is 48.7 Å². The van der Waals surface area contributed by atoms with E-state index in [0.29, 0.717) is 34.6 Å². The van der Waals surface area contributed by atoms with Crippen molar-refractivity contribution in [3.63, 3.8) is 0 Å². The third-order valence-corrected chi connectivity index (χ3v) is 6.02. The van der Waals surface area contributed by atoms with Crippen LogP contribution in [-0.4, -0.2) is 38.7 Å². The van der Waals surface area contributed by atoms with Gasteiger partial charge in [0.15, 0.2) is 5.82 Å². The van der Waals surface area contributed by atoms with E-state index in [1.165, 1.54) is 0 Å². The minimum absolute atomic E-state index is 0.499.